The van der Waals surface area contributed by atoms with Crippen LogP contribution in [0.15, 0.2) is 35.9 Å². The summed E-state index contributed by atoms with van der Waals surface area (Å²) in [5.74, 6) is 0.528. The summed E-state index contributed by atoms with van der Waals surface area (Å²) in [5.41, 5.74) is 1.03. The van der Waals surface area contributed by atoms with Crippen LogP contribution < -0.4 is 14.8 Å². The van der Waals surface area contributed by atoms with Crippen LogP contribution >= 0.6 is 22.6 Å². The molecule has 1 fully saturated rings. The Hall–Kier alpha value is -2.15. The molecule has 3 rings (SSSR count). The van der Waals surface area contributed by atoms with E-state index in [-0.39, 0.29) is 38.0 Å². The Balaban J connectivity index is 1.99. The van der Waals surface area contributed by atoms with E-state index in [0.717, 1.165) is 25.7 Å². The van der Waals surface area contributed by atoms with Gasteiger partial charge in [-0.25, -0.2) is 0 Å². The molecule has 4 N–H and O–H groups in total. The van der Waals surface area contributed by atoms with Crippen LogP contribution in [0.4, 0.5) is 0 Å². The predicted octanol–water partition coefficient (Wildman–Crippen LogP) is 3.08. The van der Waals surface area contributed by atoms with E-state index in [9.17, 15) is 24.9 Å². The average Bonchev–Trinajstić information content (AvgIpc) is 2.95. The van der Waals surface area contributed by atoms with E-state index < -0.39 is 18.2 Å². The van der Waals surface area contributed by atoms with Gasteiger partial charge < -0.3 is 35.0 Å². The van der Waals surface area contributed by atoms with Gasteiger partial charge >= 0.3 is 0 Å². The lowest BCUT2D eigenvalue weighted by atomic mass is 9.85. The SMILES string of the molecule is CCC=CC(=O)N(CC1CCCCC1)[C@@H]1CC(C(=O)NCCO)=C[C@H](Oc2c(I)cc(CO)cc2OC)[C@H]1O. The van der Waals surface area contributed by atoms with Crippen molar-refractivity contribution >= 4 is 34.4 Å². The maximum atomic E-state index is 13.4. The molecular formula is C29H41IN2O7. The summed E-state index contributed by atoms with van der Waals surface area (Å²) < 4.78 is 12.5. The van der Waals surface area contributed by atoms with Gasteiger partial charge in [0.25, 0.3) is 0 Å². The maximum Gasteiger partial charge on any atom is 0.247 e. The number of allylic oxidation sites excluding steroid dienone is 1. The third-order valence-corrected chi connectivity index (χ3v) is 8.10. The summed E-state index contributed by atoms with van der Waals surface area (Å²) in [6, 6.07) is 2.74. The molecule has 2 aliphatic carbocycles. The summed E-state index contributed by atoms with van der Waals surface area (Å²) in [6.07, 6.45) is 9.23. The number of aliphatic hydroxyl groups excluding tert-OH is 3. The summed E-state index contributed by atoms with van der Waals surface area (Å²) in [5, 5.41) is 33.2. The number of amides is 2. The molecule has 0 radical (unpaired) electrons. The number of aliphatic hydroxyl groups is 3. The van der Waals surface area contributed by atoms with Crippen molar-refractivity contribution in [3.05, 3.63) is 45.1 Å². The highest BCUT2D eigenvalue weighted by atomic mass is 127. The fraction of sp³-hybridized carbons (Fsp3) is 0.586. The van der Waals surface area contributed by atoms with Gasteiger partial charge in [-0.05, 0) is 77.6 Å². The first kappa shape index (κ1) is 31.4. The fourth-order valence-electron chi connectivity index (χ4n) is 5.25. The normalized spacial score (nSPS) is 21.9. The minimum atomic E-state index is -1.11. The largest absolute Gasteiger partial charge is 0.493 e. The molecule has 0 heterocycles. The van der Waals surface area contributed by atoms with Crippen LogP contribution in [0.5, 0.6) is 11.5 Å². The van der Waals surface area contributed by atoms with Gasteiger partial charge in [0.15, 0.2) is 11.5 Å². The first-order chi connectivity index (χ1) is 18.8. The number of nitrogens with one attached hydrogen (secondary N) is 1. The molecule has 2 aliphatic rings. The van der Waals surface area contributed by atoms with Gasteiger partial charge in [0, 0.05) is 25.1 Å². The Kier molecular flexibility index (Phi) is 12.5. The highest BCUT2D eigenvalue weighted by molar-refractivity contribution is 14.1. The van der Waals surface area contributed by atoms with Gasteiger partial charge in [0.2, 0.25) is 11.8 Å². The zero-order valence-electron chi connectivity index (χ0n) is 22.8. The number of hydrogen-bond acceptors (Lipinski definition) is 7. The van der Waals surface area contributed by atoms with Crippen molar-refractivity contribution in [3.63, 3.8) is 0 Å². The molecule has 216 valence electrons. The number of nitrogens with zero attached hydrogens (tertiary/aromatic N) is 1. The number of carbonyl (C=O) groups is 2. The number of ether oxygens (including phenoxy) is 2. The molecular weight excluding hydrogens is 615 g/mol. The van der Waals surface area contributed by atoms with E-state index in [1.54, 1.807) is 35.3 Å². The van der Waals surface area contributed by atoms with Crippen LogP contribution in [0.1, 0.15) is 57.4 Å². The van der Waals surface area contributed by atoms with Crippen LogP contribution in [-0.4, -0.2) is 77.1 Å². The standard InChI is InChI=1S/C29H41IN2O7/c1-3-4-10-26(35)32(17-19-8-6-5-7-9-19)23-15-21(29(37)31-11-12-33)16-24(27(23)36)39-28-22(30)13-20(18-34)14-25(28)38-2/h4,10,13-14,16,19,23-24,27,33-34,36H,3,5-9,11-12,15,17-18H2,1-2H3,(H,31,37)/t23-,24+,27+/m1/s1. The van der Waals surface area contributed by atoms with E-state index in [1.165, 1.54) is 13.5 Å². The number of halogens is 1. The Bertz CT molecular complexity index is 1040. The number of benzene rings is 1. The molecule has 0 aromatic heterocycles. The van der Waals surface area contributed by atoms with Crippen molar-refractivity contribution < 1.29 is 34.4 Å². The van der Waals surface area contributed by atoms with Gasteiger partial charge in [0.1, 0.15) is 12.2 Å². The molecule has 2 amide bonds. The smallest absolute Gasteiger partial charge is 0.247 e. The van der Waals surface area contributed by atoms with E-state index >= 15 is 0 Å². The average molecular weight is 657 g/mol. The fourth-order valence-corrected chi connectivity index (χ4v) is 6.04. The van der Waals surface area contributed by atoms with E-state index in [2.05, 4.69) is 27.9 Å². The second-order valence-electron chi connectivity index (χ2n) is 10.1. The Morgan fingerprint density at radius 3 is 2.59 bits per heavy atom. The summed E-state index contributed by atoms with van der Waals surface area (Å²) in [4.78, 5) is 28.2. The molecule has 39 heavy (non-hydrogen) atoms. The van der Waals surface area contributed by atoms with Crippen molar-refractivity contribution in [2.24, 2.45) is 5.92 Å². The Morgan fingerprint density at radius 1 is 1.21 bits per heavy atom. The maximum absolute atomic E-state index is 13.4. The lowest BCUT2D eigenvalue weighted by molar-refractivity contribution is -0.134. The first-order valence-electron chi connectivity index (χ1n) is 13.7. The molecule has 9 nitrogen and oxygen atoms in total. The molecule has 10 heteroatoms. The number of carbonyl (C=O) groups excluding carboxylic acids is 2. The van der Waals surface area contributed by atoms with Crippen LogP contribution in [0.25, 0.3) is 0 Å². The highest BCUT2D eigenvalue weighted by Crippen LogP contribution is 2.37. The van der Waals surface area contributed by atoms with Crippen molar-refractivity contribution in [1.82, 2.24) is 10.2 Å². The van der Waals surface area contributed by atoms with E-state index in [0.29, 0.717) is 45.1 Å². The molecule has 1 aromatic rings. The van der Waals surface area contributed by atoms with Crippen molar-refractivity contribution in [1.29, 1.82) is 0 Å². The molecule has 3 atom stereocenters. The van der Waals surface area contributed by atoms with Gasteiger partial charge in [-0.15, -0.1) is 0 Å². The van der Waals surface area contributed by atoms with Crippen molar-refractivity contribution in [2.75, 3.05) is 26.8 Å². The molecule has 0 saturated heterocycles. The Labute approximate surface area is 244 Å². The molecule has 1 saturated carbocycles. The van der Waals surface area contributed by atoms with E-state index in [1.807, 2.05) is 6.92 Å². The third-order valence-electron chi connectivity index (χ3n) is 7.30. The summed E-state index contributed by atoms with van der Waals surface area (Å²) >= 11 is 2.08. The zero-order chi connectivity index (χ0) is 28.4. The lowest BCUT2D eigenvalue weighted by Gasteiger charge is -2.42. The van der Waals surface area contributed by atoms with Gasteiger partial charge in [-0.1, -0.05) is 32.3 Å². The van der Waals surface area contributed by atoms with Crippen LogP contribution in [0.3, 0.4) is 0 Å². The second kappa shape index (κ2) is 15.6. The summed E-state index contributed by atoms with van der Waals surface area (Å²) in [6.45, 7) is 2.18. The number of hydrogen-bond donors (Lipinski definition) is 4. The number of methoxy groups -OCH3 is 1. The van der Waals surface area contributed by atoms with Crippen LogP contribution in [0, 0.1) is 9.49 Å². The van der Waals surface area contributed by atoms with Gasteiger partial charge in [0.05, 0.1) is 29.9 Å². The van der Waals surface area contributed by atoms with Crippen molar-refractivity contribution in [3.8, 4) is 11.5 Å². The first-order valence-corrected chi connectivity index (χ1v) is 14.8. The van der Waals surface area contributed by atoms with Gasteiger partial charge in [-0.3, -0.25) is 9.59 Å². The minimum Gasteiger partial charge on any atom is -0.493 e. The monoisotopic (exact) mass is 656 g/mol. The van der Waals surface area contributed by atoms with Crippen LogP contribution in [-0.2, 0) is 16.2 Å². The topological polar surface area (TPSA) is 129 Å². The molecule has 1 aromatic carbocycles. The molecule has 0 unspecified atom stereocenters. The summed E-state index contributed by atoms with van der Waals surface area (Å²) in [7, 11) is 1.49. The third kappa shape index (κ3) is 8.42. The number of rotatable bonds is 12. The lowest BCUT2D eigenvalue weighted by Crippen LogP contribution is -2.56. The van der Waals surface area contributed by atoms with Crippen LogP contribution in [0.2, 0.25) is 0 Å². The molecule has 0 bridgehead atoms. The molecule has 0 aliphatic heterocycles. The zero-order valence-corrected chi connectivity index (χ0v) is 24.9. The quantitative estimate of drug-likeness (QED) is 0.201. The van der Waals surface area contributed by atoms with E-state index in [4.69, 9.17) is 9.47 Å². The highest BCUT2D eigenvalue weighted by Gasteiger charge is 2.41. The minimum absolute atomic E-state index is 0.0905. The predicted molar refractivity (Wildman–Crippen MR) is 156 cm³/mol. The van der Waals surface area contributed by atoms with Crippen molar-refractivity contribution in [2.45, 2.75) is 76.7 Å². The second-order valence-corrected chi connectivity index (χ2v) is 11.3. The Morgan fingerprint density at radius 2 is 1.95 bits per heavy atom. The molecule has 0 spiro atoms. The van der Waals surface area contributed by atoms with Gasteiger partial charge in [-0.2, -0.15) is 0 Å².